The monoisotopic (exact) mass is 221 g/mol. The SMILES string of the molecule is Cc1ccc(-c2ccc(F)cc2CN)s1. The minimum absolute atomic E-state index is 0.229. The topological polar surface area (TPSA) is 26.0 Å². The normalized spacial score (nSPS) is 10.6. The number of benzene rings is 1. The average molecular weight is 221 g/mol. The maximum atomic E-state index is 13.0. The Morgan fingerprint density at radius 2 is 2.07 bits per heavy atom. The lowest BCUT2D eigenvalue weighted by Crippen LogP contribution is -1.99. The third-order valence-corrected chi connectivity index (χ3v) is 3.33. The molecule has 0 bridgehead atoms. The Morgan fingerprint density at radius 1 is 1.27 bits per heavy atom. The van der Waals surface area contributed by atoms with Crippen LogP contribution in [0.5, 0.6) is 0 Å². The molecular formula is C12H12FNS. The molecule has 3 heteroatoms. The number of hydrogen-bond donors (Lipinski definition) is 1. The van der Waals surface area contributed by atoms with Gasteiger partial charge in [0.15, 0.2) is 0 Å². The number of hydrogen-bond acceptors (Lipinski definition) is 2. The summed E-state index contributed by atoms with van der Waals surface area (Å²) in [4.78, 5) is 2.39. The van der Waals surface area contributed by atoms with E-state index in [2.05, 4.69) is 13.0 Å². The van der Waals surface area contributed by atoms with Gasteiger partial charge in [0.25, 0.3) is 0 Å². The van der Waals surface area contributed by atoms with Gasteiger partial charge in [0.05, 0.1) is 0 Å². The van der Waals surface area contributed by atoms with Gasteiger partial charge in [0.1, 0.15) is 5.82 Å². The van der Waals surface area contributed by atoms with Gasteiger partial charge < -0.3 is 5.73 Å². The molecule has 1 nitrogen and oxygen atoms in total. The molecule has 2 N–H and O–H groups in total. The zero-order valence-electron chi connectivity index (χ0n) is 8.46. The molecule has 0 aliphatic carbocycles. The lowest BCUT2D eigenvalue weighted by atomic mass is 10.1. The van der Waals surface area contributed by atoms with Crippen LogP contribution in [0.1, 0.15) is 10.4 Å². The molecule has 78 valence electrons. The van der Waals surface area contributed by atoms with E-state index in [0.717, 1.165) is 16.0 Å². The molecule has 0 atom stereocenters. The molecule has 0 unspecified atom stereocenters. The van der Waals surface area contributed by atoms with Crippen molar-refractivity contribution in [3.8, 4) is 10.4 Å². The van der Waals surface area contributed by atoms with Crippen LogP contribution < -0.4 is 5.73 Å². The standard InChI is InChI=1S/C12H12FNS/c1-8-2-5-12(15-8)11-4-3-10(13)6-9(11)7-14/h2-6H,7,14H2,1H3. The summed E-state index contributed by atoms with van der Waals surface area (Å²) in [7, 11) is 0. The summed E-state index contributed by atoms with van der Waals surface area (Å²) in [6, 6.07) is 8.88. The van der Waals surface area contributed by atoms with Crippen molar-refractivity contribution in [3.63, 3.8) is 0 Å². The second-order valence-corrected chi connectivity index (χ2v) is 4.70. The summed E-state index contributed by atoms with van der Waals surface area (Å²) in [5, 5.41) is 0. The van der Waals surface area contributed by atoms with Crippen LogP contribution >= 0.6 is 11.3 Å². The fourth-order valence-electron chi connectivity index (χ4n) is 1.55. The van der Waals surface area contributed by atoms with Crippen LogP contribution in [-0.4, -0.2) is 0 Å². The molecule has 0 fully saturated rings. The summed E-state index contributed by atoms with van der Waals surface area (Å²) in [5.41, 5.74) is 7.50. The maximum Gasteiger partial charge on any atom is 0.123 e. The van der Waals surface area contributed by atoms with Gasteiger partial charge in [-0.1, -0.05) is 6.07 Å². The first kappa shape index (κ1) is 10.3. The van der Waals surface area contributed by atoms with E-state index in [4.69, 9.17) is 5.73 Å². The van der Waals surface area contributed by atoms with Crippen molar-refractivity contribution in [2.24, 2.45) is 5.73 Å². The molecule has 2 aromatic rings. The predicted octanol–water partition coefficient (Wildman–Crippen LogP) is 3.32. The highest BCUT2D eigenvalue weighted by molar-refractivity contribution is 7.15. The van der Waals surface area contributed by atoms with E-state index in [1.807, 2.05) is 6.07 Å². The van der Waals surface area contributed by atoms with Gasteiger partial charge >= 0.3 is 0 Å². The zero-order valence-corrected chi connectivity index (χ0v) is 9.27. The van der Waals surface area contributed by atoms with Crippen molar-refractivity contribution in [1.82, 2.24) is 0 Å². The summed E-state index contributed by atoms with van der Waals surface area (Å²) >= 11 is 1.70. The summed E-state index contributed by atoms with van der Waals surface area (Å²) in [5.74, 6) is -0.229. The second kappa shape index (κ2) is 4.13. The number of rotatable bonds is 2. The largest absolute Gasteiger partial charge is 0.326 e. The Kier molecular flexibility index (Phi) is 2.84. The number of nitrogens with two attached hydrogens (primary N) is 1. The molecule has 2 rings (SSSR count). The van der Waals surface area contributed by atoms with E-state index in [0.29, 0.717) is 6.54 Å². The minimum atomic E-state index is -0.229. The van der Waals surface area contributed by atoms with E-state index in [1.54, 1.807) is 17.4 Å². The number of aryl methyl sites for hydroxylation is 1. The highest BCUT2D eigenvalue weighted by atomic mass is 32.1. The summed E-state index contributed by atoms with van der Waals surface area (Å²) in [6.07, 6.45) is 0. The van der Waals surface area contributed by atoms with E-state index < -0.39 is 0 Å². The van der Waals surface area contributed by atoms with Crippen LogP contribution in [0, 0.1) is 12.7 Å². The van der Waals surface area contributed by atoms with E-state index in [-0.39, 0.29) is 5.82 Å². The first-order valence-electron chi connectivity index (χ1n) is 4.76. The average Bonchev–Trinajstić information content (AvgIpc) is 2.64. The van der Waals surface area contributed by atoms with Gasteiger partial charge in [-0.3, -0.25) is 0 Å². The highest BCUT2D eigenvalue weighted by Gasteiger charge is 2.06. The highest BCUT2D eigenvalue weighted by Crippen LogP contribution is 2.30. The van der Waals surface area contributed by atoms with Crippen molar-refractivity contribution in [2.45, 2.75) is 13.5 Å². The molecular weight excluding hydrogens is 209 g/mol. The molecule has 0 aliphatic heterocycles. The Balaban J connectivity index is 2.52. The number of thiophene rings is 1. The molecule has 0 spiro atoms. The molecule has 1 aromatic carbocycles. The van der Waals surface area contributed by atoms with Crippen LogP contribution in [0.4, 0.5) is 4.39 Å². The Bertz CT molecular complexity index is 476. The Morgan fingerprint density at radius 3 is 2.67 bits per heavy atom. The van der Waals surface area contributed by atoms with Gasteiger partial charge in [-0.05, 0) is 42.3 Å². The molecule has 0 aliphatic rings. The first-order chi connectivity index (χ1) is 7.20. The van der Waals surface area contributed by atoms with Crippen molar-refractivity contribution in [3.05, 3.63) is 46.6 Å². The lowest BCUT2D eigenvalue weighted by molar-refractivity contribution is 0.626. The quantitative estimate of drug-likeness (QED) is 0.827. The fourth-order valence-corrected chi connectivity index (χ4v) is 2.48. The third kappa shape index (κ3) is 2.08. The van der Waals surface area contributed by atoms with Crippen molar-refractivity contribution in [2.75, 3.05) is 0 Å². The summed E-state index contributed by atoms with van der Waals surface area (Å²) in [6.45, 7) is 2.42. The Hall–Kier alpha value is -1.19. The number of halogens is 1. The molecule has 1 heterocycles. The van der Waals surface area contributed by atoms with E-state index in [1.165, 1.54) is 17.0 Å². The third-order valence-electron chi connectivity index (χ3n) is 2.29. The first-order valence-corrected chi connectivity index (χ1v) is 5.57. The van der Waals surface area contributed by atoms with Gasteiger partial charge in [0.2, 0.25) is 0 Å². The van der Waals surface area contributed by atoms with Crippen LogP contribution in [0.2, 0.25) is 0 Å². The van der Waals surface area contributed by atoms with Gasteiger partial charge in [0, 0.05) is 16.3 Å². The van der Waals surface area contributed by atoms with Gasteiger partial charge in [-0.15, -0.1) is 11.3 Å². The molecule has 0 amide bonds. The maximum absolute atomic E-state index is 13.0. The second-order valence-electron chi connectivity index (χ2n) is 3.42. The lowest BCUT2D eigenvalue weighted by Gasteiger charge is -2.05. The molecule has 0 radical (unpaired) electrons. The Labute approximate surface area is 92.4 Å². The van der Waals surface area contributed by atoms with Crippen LogP contribution in [-0.2, 0) is 6.54 Å². The van der Waals surface area contributed by atoms with Crippen LogP contribution in [0.25, 0.3) is 10.4 Å². The smallest absolute Gasteiger partial charge is 0.123 e. The predicted molar refractivity (Wildman–Crippen MR) is 62.3 cm³/mol. The molecule has 0 saturated heterocycles. The molecule has 1 aromatic heterocycles. The van der Waals surface area contributed by atoms with Gasteiger partial charge in [-0.25, -0.2) is 4.39 Å². The van der Waals surface area contributed by atoms with Crippen molar-refractivity contribution in [1.29, 1.82) is 0 Å². The van der Waals surface area contributed by atoms with Gasteiger partial charge in [-0.2, -0.15) is 0 Å². The fraction of sp³-hybridized carbons (Fsp3) is 0.167. The van der Waals surface area contributed by atoms with Crippen LogP contribution in [0.3, 0.4) is 0 Å². The zero-order chi connectivity index (χ0) is 10.8. The molecule has 15 heavy (non-hydrogen) atoms. The van der Waals surface area contributed by atoms with Crippen LogP contribution in [0.15, 0.2) is 30.3 Å². The molecule has 0 saturated carbocycles. The minimum Gasteiger partial charge on any atom is -0.326 e. The van der Waals surface area contributed by atoms with E-state index >= 15 is 0 Å². The van der Waals surface area contributed by atoms with E-state index in [9.17, 15) is 4.39 Å². The summed E-state index contributed by atoms with van der Waals surface area (Å²) < 4.78 is 13.0. The van der Waals surface area contributed by atoms with Crippen molar-refractivity contribution < 1.29 is 4.39 Å². The van der Waals surface area contributed by atoms with Crippen molar-refractivity contribution >= 4 is 11.3 Å².